The zero-order chi connectivity index (χ0) is 18.7. The van der Waals surface area contributed by atoms with Crippen LogP contribution in [0, 0.1) is 0 Å². The molecule has 2 nitrogen and oxygen atoms in total. The minimum absolute atomic E-state index is 1.11. The number of allylic oxidation sites excluding steroid dienone is 8. The molecule has 0 saturated heterocycles. The Morgan fingerprint density at radius 1 is 0.960 bits per heavy atom. The van der Waals surface area contributed by atoms with Gasteiger partial charge in [-0.2, -0.15) is 0 Å². The Morgan fingerprint density at radius 3 is 1.84 bits per heavy atom. The van der Waals surface area contributed by atoms with Gasteiger partial charge in [0.05, 0.1) is 0 Å². The fraction of sp³-hybridized carbons (Fsp3) is 0.591. The molecule has 0 radical (unpaired) electrons. The third-order valence-corrected chi connectivity index (χ3v) is 19.8. The molecule has 25 heavy (non-hydrogen) atoms. The Kier molecular flexibility index (Phi) is 6.65. The summed E-state index contributed by atoms with van der Waals surface area (Å²) in [6.07, 6.45) is 11.8. The van der Waals surface area contributed by atoms with Crippen LogP contribution in [0.2, 0.25) is 0 Å². The van der Waals surface area contributed by atoms with Gasteiger partial charge in [0, 0.05) is 0 Å². The second kappa shape index (κ2) is 8.00. The Balaban J connectivity index is 3.05. The summed E-state index contributed by atoms with van der Waals surface area (Å²) in [5, 5.41) is 0. The van der Waals surface area contributed by atoms with E-state index in [2.05, 4.69) is 83.8 Å². The fourth-order valence-electron chi connectivity index (χ4n) is 5.97. The van der Waals surface area contributed by atoms with Crippen molar-refractivity contribution in [3.8, 4) is 0 Å². The van der Waals surface area contributed by atoms with E-state index < -0.39 is 15.4 Å². The molecule has 0 amide bonds. The molecule has 0 atom stereocenters. The van der Waals surface area contributed by atoms with Crippen LogP contribution in [0.5, 0.6) is 0 Å². The molecule has 0 aromatic carbocycles. The van der Waals surface area contributed by atoms with Crippen molar-refractivity contribution in [1.29, 1.82) is 0 Å². The van der Waals surface area contributed by atoms with Crippen molar-refractivity contribution in [2.45, 2.75) is 61.3 Å². The van der Waals surface area contributed by atoms with Crippen molar-refractivity contribution < 1.29 is 15.4 Å². The first-order chi connectivity index (χ1) is 12.0. The summed E-state index contributed by atoms with van der Waals surface area (Å²) in [7, 11) is 0. The average Bonchev–Trinajstić information content (AvgIpc) is 3.27. The molecule has 0 unspecified atom stereocenters. The zero-order valence-electron chi connectivity index (χ0n) is 17.5. The molecule has 0 aromatic rings. The third-order valence-electron chi connectivity index (χ3n) is 6.79. The first-order valence-corrected chi connectivity index (χ1v) is 14.0. The van der Waals surface area contributed by atoms with Gasteiger partial charge in [-0.3, -0.25) is 0 Å². The van der Waals surface area contributed by atoms with Crippen LogP contribution < -0.4 is 0 Å². The Bertz CT molecular complexity index is 680. The Hall–Kier alpha value is -0.536. The minimum atomic E-state index is -3.65. The predicted molar refractivity (Wildman–Crippen MR) is 110 cm³/mol. The van der Waals surface area contributed by atoms with E-state index in [1.165, 1.54) is 5.57 Å². The number of rotatable bonds is 8. The monoisotopic (exact) mass is 378 g/mol. The molecule has 0 aliphatic heterocycles. The van der Waals surface area contributed by atoms with E-state index in [4.69, 9.17) is 0 Å². The molecule has 0 fully saturated rings. The van der Waals surface area contributed by atoms with Crippen molar-refractivity contribution in [2.24, 2.45) is 0 Å². The number of hydrogen-bond donors (Lipinski definition) is 0. The van der Waals surface area contributed by atoms with E-state index in [0.29, 0.717) is 0 Å². The Labute approximate surface area is 157 Å². The van der Waals surface area contributed by atoms with Gasteiger partial charge >= 0.3 is 157 Å². The van der Waals surface area contributed by atoms with Crippen LogP contribution in [0.4, 0.5) is 0 Å². The standard InChI is InChI=1S/C7H9.C5H5.2C4H10N.C2H4.Ti/c1-6-3-4-7(2)5-6;1-2-4-5-3-1;2*1-3-5-4-2;1-2;/h3H,4H2,1-2H3;1-3H,4H2;2*3-4H2,1-2H3;1H,2H3;/q;;2*-1;;+2. The first kappa shape index (κ1) is 20.8. The van der Waals surface area contributed by atoms with Crippen LogP contribution in [0.25, 0.3) is 0 Å². The van der Waals surface area contributed by atoms with Crippen molar-refractivity contribution in [3.05, 3.63) is 43.2 Å². The summed E-state index contributed by atoms with van der Waals surface area (Å²) in [6, 6.07) is 0. The molecule has 140 valence electrons. The SMILES string of the molecule is C[CH]=[Ti]([C]1=CC=CC1)([C]1=C(C)CC=C1C)([N](CC)CC)[N](CC)CC. The van der Waals surface area contributed by atoms with E-state index in [1.54, 1.807) is 13.3 Å². The molecular weight excluding hydrogens is 340 g/mol. The van der Waals surface area contributed by atoms with E-state index in [1.807, 2.05) is 0 Å². The fourth-order valence-corrected chi connectivity index (χ4v) is 19.8. The molecule has 3 heteroatoms. The quantitative estimate of drug-likeness (QED) is 0.516. The van der Waals surface area contributed by atoms with Crippen molar-refractivity contribution >= 4 is 4.31 Å². The average molecular weight is 378 g/mol. The molecule has 0 saturated carbocycles. The Morgan fingerprint density at radius 2 is 1.52 bits per heavy atom. The van der Waals surface area contributed by atoms with Crippen LogP contribution >= 0.6 is 0 Å². The second-order valence-corrected chi connectivity index (χ2v) is 15.9. The molecule has 0 spiro atoms. The van der Waals surface area contributed by atoms with E-state index >= 15 is 0 Å². The molecule has 0 bridgehead atoms. The van der Waals surface area contributed by atoms with Gasteiger partial charge in [-0.1, -0.05) is 0 Å². The predicted octanol–water partition coefficient (Wildman–Crippen LogP) is 5.48. The first-order valence-electron chi connectivity index (χ1n) is 10.2. The van der Waals surface area contributed by atoms with Crippen LogP contribution in [0.3, 0.4) is 0 Å². The summed E-state index contributed by atoms with van der Waals surface area (Å²) in [6.45, 7) is 20.9. The summed E-state index contributed by atoms with van der Waals surface area (Å²) in [5.41, 5.74) is 3.12. The van der Waals surface area contributed by atoms with E-state index in [0.717, 1.165) is 39.0 Å². The third kappa shape index (κ3) is 2.68. The van der Waals surface area contributed by atoms with Gasteiger partial charge in [-0.15, -0.1) is 0 Å². The molecule has 2 rings (SSSR count). The maximum absolute atomic E-state index is 3.65. The van der Waals surface area contributed by atoms with Gasteiger partial charge < -0.3 is 0 Å². The van der Waals surface area contributed by atoms with E-state index in [9.17, 15) is 0 Å². The van der Waals surface area contributed by atoms with Gasteiger partial charge in [0.25, 0.3) is 0 Å². The van der Waals surface area contributed by atoms with Gasteiger partial charge in [-0.25, -0.2) is 0 Å². The van der Waals surface area contributed by atoms with Crippen molar-refractivity contribution in [3.63, 3.8) is 0 Å². The zero-order valence-corrected chi connectivity index (χ0v) is 19.1. The number of hydrogen-bond acceptors (Lipinski definition) is 2. The van der Waals surface area contributed by atoms with Crippen LogP contribution in [-0.4, -0.2) is 37.3 Å². The van der Waals surface area contributed by atoms with Gasteiger partial charge in [-0.05, 0) is 0 Å². The molecule has 0 aromatic heterocycles. The normalized spacial score (nSPS) is 18.5. The molecule has 0 heterocycles. The topological polar surface area (TPSA) is 6.48 Å². The van der Waals surface area contributed by atoms with Gasteiger partial charge in [0.1, 0.15) is 0 Å². The molecule has 2 aliphatic carbocycles. The summed E-state index contributed by atoms with van der Waals surface area (Å²) in [5.74, 6) is 0. The van der Waals surface area contributed by atoms with Gasteiger partial charge in [0.2, 0.25) is 0 Å². The summed E-state index contributed by atoms with van der Waals surface area (Å²) in [4.78, 5) is 0. The maximum atomic E-state index is 2.88. The van der Waals surface area contributed by atoms with Gasteiger partial charge in [0.15, 0.2) is 0 Å². The van der Waals surface area contributed by atoms with Crippen LogP contribution in [-0.2, 0) is 15.4 Å². The van der Waals surface area contributed by atoms with Crippen LogP contribution in [0.15, 0.2) is 43.2 Å². The molecule has 0 N–H and O–H groups in total. The van der Waals surface area contributed by atoms with Crippen molar-refractivity contribution in [2.75, 3.05) is 26.2 Å². The summed E-state index contributed by atoms with van der Waals surface area (Å²) < 4.78 is 11.9. The van der Waals surface area contributed by atoms with Crippen molar-refractivity contribution in [1.82, 2.24) is 6.76 Å². The summed E-state index contributed by atoms with van der Waals surface area (Å²) >= 11 is -3.65. The molecule has 2 aliphatic rings. The van der Waals surface area contributed by atoms with Crippen LogP contribution in [0.1, 0.15) is 61.3 Å². The van der Waals surface area contributed by atoms with E-state index in [-0.39, 0.29) is 0 Å². The number of nitrogens with zero attached hydrogens (tertiary/aromatic N) is 2. The second-order valence-electron chi connectivity index (χ2n) is 7.42. The molecular formula is C22H38N2Ti.